The van der Waals surface area contributed by atoms with Crippen LogP contribution < -0.4 is 5.73 Å². The molecule has 16 heavy (non-hydrogen) atoms. The zero-order valence-corrected chi connectivity index (χ0v) is 9.81. The number of hydrogen-bond acceptors (Lipinski definition) is 3. The Morgan fingerprint density at radius 1 is 1.50 bits per heavy atom. The topological polar surface area (TPSA) is 29.3 Å². The fourth-order valence-corrected chi connectivity index (χ4v) is 2.06. The largest absolute Gasteiger partial charge is 0.390 e. The van der Waals surface area contributed by atoms with Gasteiger partial charge < -0.3 is 10.6 Å². The van der Waals surface area contributed by atoms with Crippen molar-refractivity contribution in [3.05, 3.63) is 22.4 Å². The van der Waals surface area contributed by atoms with Gasteiger partial charge in [0.1, 0.15) is 0 Å². The van der Waals surface area contributed by atoms with Gasteiger partial charge in [0, 0.05) is 18.0 Å². The zero-order valence-electron chi connectivity index (χ0n) is 9.00. The maximum atomic E-state index is 12.0. The molecule has 0 aliphatic rings. The van der Waals surface area contributed by atoms with E-state index in [-0.39, 0.29) is 12.6 Å². The number of hydrogen-bond donors (Lipinski definition) is 1. The number of likely N-dealkylation sites (N-methyl/N-ethyl adjacent to an activating group) is 1. The summed E-state index contributed by atoms with van der Waals surface area (Å²) in [7, 11) is 1.65. The van der Waals surface area contributed by atoms with Crippen LogP contribution in [0.1, 0.15) is 17.3 Å². The van der Waals surface area contributed by atoms with E-state index in [2.05, 4.69) is 0 Å². The monoisotopic (exact) mass is 252 g/mol. The van der Waals surface area contributed by atoms with Crippen molar-refractivity contribution in [1.82, 2.24) is 4.90 Å². The molecule has 92 valence electrons. The Kier molecular flexibility index (Phi) is 4.76. The van der Waals surface area contributed by atoms with Gasteiger partial charge in [0.05, 0.1) is 12.5 Å². The molecule has 2 nitrogen and oxygen atoms in total. The molecule has 0 amide bonds. The van der Waals surface area contributed by atoms with Crippen LogP contribution >= 0.6 is 11.3 Å². The molecule has 1 aromatic heterocycles. The Bertz CT molecular complexity index is 298. The molecule has 0 saturated heterocycles. The Morgan fingerprint density at radius 2 is 2.19 bits per heavy atom. The molecule has 1 atom stereocenters. The lowest BCUT2D eigenvalue weighted by molar-refractivity contribution is -0.137. The van der Waals surface area contributed by atoms with Gasteiger partial charge in [0.25, 0.3) is 0 Å². The van der Waals surface area contributed by atoms with E-state index in [4.69, 9.17) is 5.73 Å². The molecular weight excluding hydrogens is 237 g/mol. The maximum absolute atomic E-state index is 12.0. The number of thiophene rings is 1. The average Bonchev–Trinajstić information content (AvgIpc) is 2.66. The van der Waals surface area contributed by atoms with Crippen molar-refractivity contribution < 1.29 is 13.2 Å². The molecule has 0 radical (unpaired) electrons. The summed E-state index contributed by atoms with van der Waals surface area (Å²) in [5.74, 6) is 0. The lowest BCUT2D eigenvalue weighted by Crippen LogP contribution is -2.31. The van der Waals surface area contributed by atoms with Crippen LogP contribution in [0, 0.1) is 0 Å². The maximum Gasteiger partial charge on any atom is 0.390 e. The van der Waals surface area contributed by atoms with Crippen molar-refractivity contribution in [2.75, 3.05) is 20.1 Å². The molecular formula is C10H15F3N2S. The van der Waals surface area contributed by atoms with Gasteiger partial charge in [0.2, 0.25) is 0 Å². The Hall–Kier alpha value is -0.590. The van der Waals surface area contributed by atoms with E-state index in [1.807, 2.05) is 17.5 Å². The molecule has 0 aliphatic carbocycles. The summed E-state index contributed by atoms with van der Waals surface area (Å²) >= 11 is 1.52. The van der Waals surface area contributed by atoms with Crippen molar-refractivity contribution in [3.63, 3.8) is 0 Å². The third kappa shape index (κ3) is 4.96. The lowest BCUT2D eigenvalue weighted by atomic mass is 10.2. The van der Waals surface area contributed by atoms with E-state index >= 15 is 0 Å². The Morgan fingerprint density at radius 3 is 2.69 bits per heavy atom. The van der Waals surface area contributed by atoms with Gasteiger partial charge in [-0.15, -0.1) is 11.3 Å². The van der Waals surface area contributed by atoms with E-state index < -0.39 is 12.6 Å². The first-order valence-electron chi connectivity index (χ1n) is 4.93. The predicted octanol–water partition coefficient (Wildman–Crippen LogP) is 2.63. The van der Waals surface area contributed by atoms with Crippen LogP contribution in [0.3, 0.4) is 0 Å². The summed E-state index contributed by atoms with van der Waals surface area (Å²) in [4.78, 5) is 2.61. The summed E-state index contributed by atoms with van der Waals surface area (Å²) in [5, 5.41) is 1.91. The second kappa shape index (κ2) is 5.65. The van der Waals surface area contributed by atoms with Crippen LogP contribution in [0.25, 0.3) is 0 Å². The van der Waals surface area contributed by atoms with Crippen molar-refractivity contribution in [2.45, 2.75) is 18.6 Å². The quantitative estimate of drug-likeness (QED) is 0.873. The summed E-state index contributed by atoms with van der Waals surface area (Å²) in [6.45, 7) is 0.430. The fourth-order valence-electron chi connectivity index (χ4n) is 1.34. The molecule has 0 spiro atoms. The number of halogens is 3. The number of alkyl halides is 3. The van der Waals surface area contributed by atoms with Crippen molar-refractivity contribution >= 4 is 11.3 Å². The Balaban J connectivity index is 2.32. The summed E-state index contributed by atoms with van der Waals surface area (Å²) in [6, 6.07) is 3.57. The van der Waals surface area contributed by atoms with E-state index in [0.29, 0.717) is 6.54 Å². The minimum absolute atomic E-state index is 0.0113. The molecule has 1 rings (SSSR count). The molecule has 2 N–H and O–H groups in total. The lowest BCUT2D eigenvalue weighted by Gasteiger charge is -2.21. The number of nitrogens with two attached hydrogens (primary N) is 1. The molecule has 1 aromatic rings. The molecule has 0 aliphatic heterocycles. The van der Waals surface area contributed by atoms with Crippen LogP contribution in [-0.4, -0.2) is 31.2 Å². The van der Waals surface area contributed by atoms with Gasteiger partial charge in [-0.25, -0.2) is 0 Å². The van der Waals surface area contributed by atoms with E-state index in [9.17, 15) is 13.2 Å². The highest BCUT2D eigenvalue weighted by Gasteiger charge is 2.27. The van der Waals surface area contributed by atoms with E-state index in [1.165, 1.54) is 11.3 Å². The van der Waals surface area contributed by atoms with Gasteiger partial charge in [-0.05, 0) is 18.5 Å². The van der Waals surface area contributed by atoms with Gasteiger partial charge in [-0.1, -0.05) is 6.07 Å². The number of rotatable bonds is 5. The summed E-state index contributed by atoms with van der Waals surface area (Å²) < 4.78 is 35.9. The second-order valence-corrected chi connectivity index (χ2v) is 4.73. The van der Waals surface area contributed by atoms with Crippen LogP contribution in [0.2, 0.25) is 0 Å². The first kappa shape index (κ1) is 13.5. The normalized spacial score (nSPS) is 14.4. The minimum Gasteiger partial charge on any atom is -0.322 e. The second-order valence-electron chi connectivity index (χ2n) is 3.75. The highest BCUT2D eigenvalue weighted by molar-refractivity contribution is 7.10. The Labute approximate surface area is 96.9 Å². The van der Waals surface area contributed by atoms with E-state index in [1.54, 1.807) is 11.9 Å². The molecule has 0 bridgehead atoms. The van der Waals surface area contributed by atoms with Crippen LogP contribution in [0.4, 0.5) is 13.2 Å². The summed E-state index contributed by atoms with van der Waals surface area (Å²) in [6.07, 6.45) is -4.89. The van der Waals surface area contributed by atoms with E-state index in [0.717, 1.165) is 4.88 Å². The van der Waals surface area contributed by atoms with Crippen molar-refractivity contribution in [2.24, 2.45) is 5.73 Å². The fraction of sp³-hybridized carbons (Fsp3) is 0.600. The van der Waals surface area contributed by atoms with Gasteiger partial charge in [-0.3, -0.25) is 0 Å². The zero-order chi connectivity index (χ0) is 12.2. The van der Waals surface area contributed by atoms with Gasteiger partial charge >= 0.3 is 6.18 Å². The van der Waals surface area contributed by atoms with Gasteiger partial charge in [-0.2, -0.15) is 13.2 Å². The first-order valence-corrected chi connectivity index (χ1v) is 5.81. The standard InChI is InChI=1S/C10H15F3N2S/c1-15(5-4-10(11,12)13)7-8(14)9-3-2-6-16-9/h2-3,6,8H,4-5,7,14H2,1H3. The van der Waals surface area contributed by atoms with Crippen molar-refractivity contribution in [3.8, 4) is 0 Å². The molecule has 0 saturated carbocycles. The van der Waals surface area contributed by atoms with Crippen molar-refractivity contribution in [1.29, 1.82) is 0 Å². The molecule has 0 aromatic carbocycles. The van der Waals surface area contributed by atoms with Crippen LogP contribution in [-0.2, 0) is 0 Å². The smallest absolute Gasteiger partial charge is 0.322 e. The van der Waals surface area contributed by atoms with Crippen LogP contribution in [0.15, 0.2) is 17.5 Å². The number of nitrogens with zero attached hydrogens (tertiary/aromatic N) is 1. The third-order valence-electron chi connectivity index (χ3n) is 2.19. The highest BCUT2D eigenvalue weighted by Crippen LogP contribution is 2.21. The summed E-state index contributed by atoms with van der Waals surface area (Å²) in [5.41, 5.74) is 5.87. The molecule has 1 heterocycles. The predicted molar refractivity (Wildman–Crippen MR) is 59.4 cm³/mol. The van der Waals surface area contributed by atoms with Gasteiger partial charge in [0.15, 0.2) is 0 Å². The SMILES string of the molecule is CN(CCC(F)(F)F)CC(N)c1cccs1. The molecule has 1 unspecified atom stereocenters. The minimum atomic E-state index is -4.10. The van der Waals surface area contributed by atoms with Crippen LogP contribution in [0.5, 0.6) is 0 Å². The highest BCUT2D eigenvalue weighted by atomic mass is 32.1. The molecule has 6 heteroatoms. The average molecular weight is 252 g/mol. The molecule has 0 fully saturated rings. The third-order valence-corrected chi connectivity index (χ3v) is 3.20. The first-order chi connectivity index (χ1) is 7.38.